The number of cyclic esters (lactones) is 1. The Balaban J connectivity index is 2.12. The zero-order valence-corrected chi connectivity index (χ0v) is 14.8. The third kappa shape index (κ3) is 4.28. The zero-order chi connectivity index (χ0) is 18.6. The topological polar surface area (TPSA) is 93.1 Å². The van der Waals surface area contributed by atoms with Crippen LogP contribution in [0.4, 0.5) is 4.79 Å². The van der Waals surface area contributed by atoms with E-state index in [-0.39, 0.29) is 31.0 Å². The number of rotatable bonds is 6. The van der Waals surface area contributed by atoms with Crippen LogP contribution in [-0.4, -0.2) is 53.1 Å². The number of nitrogens with zero attached hydrogens (tertiary/aromatic N) is 1. The van der Waals surface area contributed by atoms with Gasteiger partial charge in [-0.1, -0.05) is 13.8 Å². The number of unbranched alkanes of at least 4 members (excludes halogenated alkanes) is 1. The standard InChI is InChI=1S/C18H25NO6/c1-11(2)14-10-24-18(23)19(14)17(22)12(3)16-15(21)8-7-13(25-16)6-4-5-9-20/h6-8,11-12,14,16,20H,4-5,9-10H2,1-3H3/t12-,14+,16-/m1/s1. The van der Waals surface area contributed by atoms with E-state index in [0.29, 0.717) is 18.6 Å². The molecule has 0 unspecified atom stereocenters. The van der Waals surface area contributed by atoms with Crippen molar-refractivity contribution in [1.82, 2.24) is 4.90 Å². The van der Waals surface area contributed by atoms with Crippen LogP contribution in [-0.2, 0) is 19.1 Å². The summed E-state index contributed by atoms with van der Waals surface area (Å²) >= 11 is 0. The predicted molar refractivity (Wildman–Crippen MR) is 89.4 cm³/mol. The first kappa shape index (κ1) is 19.2. The monoisotopic (exact) mass is 351 g/mol. The maximum absolute atomic E-state index is 12.8. The average Bonchev–Trinajstić information content (AvgIpc) is 2.97. The summed E-state index contributed by atoms with van der Waals surface area (Å²) in [6.45, 7) is 5.63. The van der Waals surface area contributed by atoms with E-state index in [2.05, 4.69) is 0 Å². The number of ketones is 1. The van der Waals surface area contributed by atoms with E-state index in [0.717, 1.165) is 4.90 Å². The fraction of sp³-hybridized carbons (Fsp3) is 0.611. The fourth-order valence-corrected chi connectivity index (χ4v) is 2.83. The molecule has 1 saturated heterocycles. The molecule has 0 saturated carbocycles. The van der Waals surface area contributed by atoms with E-state index in [1.807, 2.05) is 13.8 Å². The van der Waals surface area contributed by atoms with Gasteiger partial charge >= 0.3 is 6.09 Å². The molecule has 0 spiro atoms. The van der Waals surface area contributed by atoms with Gasteiger partial charge in [0.15, 0.2) is 11.9 Å². The van der Waals surface area contributed by atoms with E-state index < -0.39 is 24.0 Å². The highest BCUT2D eigenvalue weighted by molar-refractivity contribution is 6.01. The predicted octanol–water partition coefficient (Wildman–Crippen LogP) is 1.81. The number of allylic oxidation sites excluding steroid dienone is 2. The molecule has 2 heterocycles. The Morgan fingerprint density at radius 1 is 1.36 bits per heavy atom. The Morgan fingerprint density at radius 3 is 2.72 bits per heavy atom. The smallest absolute Gasteiger partial charge is 0.416 e. The number of aliphatic hydroxyl groups excluding tert-OH is 1. The molecule has 7 nitrogen and oxygen atoms in total. The van der Waals surface area contributed by atoms with Gasteiger partial charge in [0.1, 0.15) is 12.4 Å². The molecule has 2 rings (SSSR count). The largest absolute Gasteiger partial charge is 0.482 e. The van der Waals surface area contributed by atoms with Crippen LogP contribution in [0.2, 0.25) is 0 Å². The van der Waals surface area contributed by atoms with E-state index in [1.165, 1.54) is 6.08 Å². The van der Waals surface area contributed by atoms with Crippen LogP contribution in [0.3, 0.4) is 0 Å². The lowest BCUT2D eigenvalue weighted by Gasteiger charge is -2.30. The van der Waals surface area contributed by atoms with Crippen LogP contribution in [0, 0.1) is 11.8 Å². The normalized spacial score (nSPS) is 26.1. The van der Waals surface area contributed by atoms with Gasteiger partial charge in [-0.15, -0.1) is 0 Å². The Morgan fingerprint density at radius 2 is 2.08 bits per heavy atom. The molecule has 1 fully saturated rings. The second-order valence-corrected chi connectivity index (χ2v) is 6.63. The van der Waals surface area contributed by atoms with Crippen molar-refractivity contribution in [2.24, 2.45) is 11.8 Å². The summed E-state index contributed by atoms with van der Waals surface area (Å²) in [7, 11) is 0. The number of carbonyl (C=O) groups excluding carboxylic acids is 3. The first-order chi connectivity index (χ1) is 11.9. The van der Waals surface area contributed by atoms with Crippen molar-refractivity contribution in [1.29, 1.82) is 0 Å². The van der Waals surface area contributed by atoms with Crippen molar-refractivity contribution in [2.75, 3.05) is 13.2 Å². The minimum absolute atomic E-state index is 0.0550. The van der Waals surface area contributed by atoms with Crippen molar-refractivity contribution in [3.63, 3.8) is 0 Å². The Kier molecular flexibility index (Phi) is 6.36. The van der Waals surface area contributed by atoms with E-state index in [4.69, 9.17) is 14.6 Å². The quantitative estimate of drug-likeness (QED) is 0.734. The molecule has 2 aliphatic heterocycles. The lowest BCUT2D eigenvalue weighted by Crippen LogP contribution is -2.48. The number of imide groups is 1. The summed E-state index contributed by atoms with van der Waals surface area (Å²) < 4.78 is 10.7. The molecule has 0 radical (unpaired) electrons. The Bertz CT molecular complexity index is 594. The minimum Gasteiger partial charge on any atom is -0.482 e. The van der Waals surface area contributed by atoms with Gasteiger partial charge in [-0.05, 0) is 43.9 Å². The summed E-state index contributed by atoms with van der Waals surface area (Å²) in [5.74, 6) is -1.05. The van der Waals surface area contributed by atoms with E-state index in [1.54, 1.807) is 19.1 Å². The van der Waals surface area contributed by atoms with Crippen molar-refractivity contribution in [3.05, 3.63) is 24.0 Å². The van der Waals surface area contributed by atoms with E-state index >= 15 is 0 Å². The number of hydrogen-bond donors (Lipinski definition) is 1. The van der Waals surface area contributed by atoms with Gasteiger partial charge in [-0.25, -0.2) is 9.69 Å². The summed E-state index contributed by atoms with van der Waals surface area (Å²) in [5.41, 5.74) is 0. The SMILES string of the molecule is CC(C)[C@@H]1COC(=O)N1C(=O)[C@H](C)[C@H]1OC(=CCCCO)C=CC1=O. The highest BCUT2D eigenvalue weighted by atomic mass is 16.6. The van der Waals surface area contributed by atoms with Crippen LogP contribution < -0.4 is 0 Å². The number of carbonyl (C=O) groups is 3. The van der Waals surface area contributed by atoms with Gasteiger partial charge in [-0.2, -0.15) is 0 Å². The van der Waals surface area contributed by atoms with Gasteiger partial charge < -0.3 is 14.6 Å². The van der Waals surface area contributed by atoms with Crippen molar-refractivity contribution >= 4 is 17.8 Å². The first-order valence-corrected chi connectivity index (χ1v) is 8.56. The molecule has 3 atom stereocenters. The molecule has 138 valence electrons. The van der Waals surface area contributed by atoms with Crippen LogP contribution in [0.1, 0.15) is 33.6 Å². The molecule has 0 aromatic carbocycles. The number of aliphatic hydroxyl groups is 1. The van der Waals surface area contributed by atoms with Crippen molar-refractivity contribution in [3.8, 4) is 0 Å². The summed E-state index contributed by atoms with van der Waals surface area (Å²) in [6.07, 6.45) is 4.24. The van der Waals surface area contributed by atoms with Crippen LogP contribution in [0.25, 0.3) is 0 Å². The molecular weight excluding hydrogens is 326 g/mol. The number of ether oxygens (including phenoxy) is 2. The molecule has 2 aliphatic rings. The third-order valence-electron chi connectivity index (χ3n) is 4.42. The molecule has 7 heteroatoms. The summed E-state index contributed by atoms with van der Waals surface area (Å²) in [5, 5.41) is 8.83. The Labute approximate surface area is 147 Å². The molecule has 0 aliphatic carbocycles. The lowest BCUT2D eigenvalue weighted by molar-refractivity contribution is -0.143. The van der Waals surface area contributed by atoms with Gasteiger partial charge in [-0.3, -0.25) is 9.59 Å². The molecule has 25 heavy (non-hydrogen) atoms. The molecule has 0 aromatic heterocycles. The highest BCUT2D eigenvalue weighted by Gasteiger charge is 2.44. The van der Waals surface area contributed by atoms with Gasteiger partial charge in [0.25, 0.3) is 0 Å². The lowest BCUT2D eigenvalue weighted by atomic mass is 9.95. The third-order valence-corrected chi connectivity index (χ3v) is 4.42. The fourth-order valence-electron chi connectivity index (χ4n) is 2.83. The zero-order valence-electron chi connectivity index (χ0n) is 14.8. The maximum Gasteiger partial charge on any atom is 0.416 e. The molecule has 0 aromatic rings. The van der Waals surface area contributed by atoms with Crippen LogP contribution >= 0.6 is 0 Å². The van der Waals surface area contributed by atoms with E-state index in [9.17, 15) is 14.4 Å². The van der Waals surface area contributed by atoms with Gasteiger partial charge in [0, 0.05) is 6.61 Å². The first-order valence-electron chi connectivity index (χ1n) is 8.56. The molecule has 2 amide bonds. The Hall–Kier alpha value is -2.15. The molecular formula is C18H25NO6. The van der Waals surface area contributed by atoms with Gasteiger partial charge in [0.2, 0.25) is 5.91 Å². The second kappa shape index (κ2) is 8.29. The average molecular weight is 351 g/mol. The van der Waals surface area contributed by atoms with Crippen molar-refractivity contribution < 1.29 is 29.0 Å². The molecule has 0 bridgehead atoms. The maximum atomic E-state index is 12.8. The minimum atomic E-state index is -0.973. The van der Waals surface area contributed by atoms with Crippen LogP contribution in [0.15, 0.2) is 24.0 Å². The van der Waals surface area contributed by atoms with Crippen LogP contribution in [0.5, 0.6) is 0 Å². The molecule has 1 N–H and O–H groups in total. The highest BCUT2D eigenvalue weighted by Crippen LogP contribution is 2.26. The van der Waals surface area contributed by atoms with Crippen molar-refractivity contribution in [2.45, 2.75) is 45.8 Å². The van der Waals surface area contributed by atoms with Gasteiger partial charge in [0.05, 0.1) is 12.0 Å². The summed E-state index contributed by atoms with van der Waals surface area (Å²) in [6, 6.07) is -0.337. The number of hydrogen-bond acceptors (Lipinski definition) is 6. The second-order valence-electron chi connectivity index (χ2n) is 6.63. The summed E-state index contributed by atoms with van der Waals surface area (Å²) in [4.78, 5) is 38.0. The number of amides is 2.